The summed E-state index contributed by atoms with van der Waals surface area (Å²) in [7, 11) is 0. The van der Waals surface area contributed by atoms with Crippen LogP contribution in [0.4, 0.5) is 0 Å². The van der Waals surface area contributed by atoms with Gasteiger partial charge in [0.1, 0.15) is 0 Å². The van der Waals surface area contributed by atoms with Crippen LogP contribution in [0.5, 0.6) is 0 Å². The molecule has 0 nitrogen and oxygen atoms in total. The van der Waals surface area contributed by atoms with Crippen molar-refractivity contribution >= 4 is 11.0 Å². The van der Waals surface area contributed by atoms with E-state index in [4.69, 9.17) is 0 Å². The van der Waals surface area contributed by atoms with E-state index in [9.17, 15) is 0 Å². The van der Waals surface area contributed by atoms with Gasteiger partial charge in [-0.1, -0.05) is 0 Å². The van der Waals surface area contributed by atoms with Crippen molar-refractivity contribution in [2.45, 2.75) is 20.8 Å². The molecule has 0 aliphatic rings. The molecule has 2 heteroatoms. The molecule has 0 heterocycles. The standard InChI is InChI=1S/C4H9.2CH3.Pd.H4Si/c1-4(2)3;;;;/h1-3H3;2*1H3;;1H4/q3*-1;;. The van der Waals surface area contributed by atoms with E-state index >= 15 is 0 Å². The predicted octanol–water partition coefficient (Wildman–Crippen LogP) is 1.07. The van der Waals surface area contributed by atoms with E-state index < -0.39 is 0 Å². The van der Waals surface area contributed by atoms with Gasteiger partial charge in [-0.3, -0.25) is 0 Å². The van der Waals surface area contributed by atoms with Gasteiger partial charge in [-0.2, -0.15) is 20.8 Å². The van der Waals surface area contributed by atoms with Crippen molar-refractivity contribution in [3.8, 4) is 0 Å². The van der Waals surface area contributed by atoms with Crippen molar-refractivity contribution in [3.63, 3.8) is 0 Å². The Labute approximate surface area is 73.1 Å². The van der Waals surface area contributed by atoms with E-state index in [0.717, 1.165) is 0 Å². The van der Waals surface area contributed by atoms with Crippen LogP contribution in [-0.4, -0.2) is 11.0 Å². The van der Waals surface area contributed by atoms with Gasteiger partial charge in [0.25, 0.3) is 0 Å². The maximum Gasteiger partial charge on any atom is 0 e. The van der Waals surface area contributed by atoms with Crippen molar-refractivity contribution < 1.29 is 20.4 Å². The molecule has 0 unspecified atom stereocenters. The predicted molar refractivity (Wildman–Crippen MR) is 44.4 cm³/mol. The molecule has 0 aliphatic heterocycles. The summed E-state index contributed by atoms with van der Waals surface area (Å²) in [5, 5.41) is 0. The monoisotopic (exact) mass is 225 g/mol. The summed E-state index contributed by atoms with van der Waals surface area (Å²) in [6, 6.07) is 0. The molecular formula is C6H19PdSi-3. The van der Waals surface area contributed by atoms with Crippen LogP contribution in [0, 0.1) is 20.8 Å². The third-order valence-corrected chi connectivity index (χ3v) is 0. The largest absolute Gasteiger partial charge is 0.358 e. The maximum atomic E-state index is 2.08. The Morgan fingerprint density at radius 1 is 0.875 bits per heavy atom. The van der Waals surface area contributed by atoms with Crippen LogP contribution in [0.25, 0.3) is 0 Å². The van der Waals surface area contributed by atoms with Crippen molar-refractivity contribution in [1.82, 2.24) is 0 Å². The second kappa shape index (κ2) is 24.8. The molecule has 0 fully saturated rings. The Bertz CT molecular complexity index is 13.2. The molecule has 0 aromatic carbocycles. The fourth-order valence-electron chi connectivity index (χ4n) is 0. The fraction of sp³-hybridized carbons (Fsp3) is 0.500. The average Bonchev–Trinajstić information content (AvgIpc) is 0.811. The zero-order valence-corrected chi connectivity index (χ0v) is 7.37. The van der Waals surface area contributed by atoms with Crippen LogP contribution >= 0.6 is 0 Å². The topological polar surface area (TPSA) is 0 Å². The Kier molecular flexibility index (Phi) is 113. The second-order valence-corrected chi connectivity index (χ2v) is 1.50. The molecule has 0 aliphatic carbocycles. The van der Waals surface area contributed by atoms with Crippen molar-refractivity contribution in [1.29, 1.82) is 0 Å². The Morgan fingerprint density at radius 3 is 0.875 bits per heavy atom. The van der Waals surface area contributed by atoms with Gasteiger partial charge in [0.15, 0.2) is 0 Å². The Morgan fingerprint density at radius 2 is 0.875 bits per heavy atom. The Balaban J connectivity index is -0.00000000750. The van der Waals surface area contributed by atoms with Gasteiger partial charge in [0, 0.05) is 20.4 Å². The van der Waals surface area contributed by atoms with Crippen molar-refractivity contribution in [2.75, 3.05) is 0 Å². The first-order valence-corrected chi connectivity index (χ1v) is 1.50. The van der Waals surface area contributed by atoms with Crippen LogP contribution in [0.1, 0.15) is 20.8 Å². The molecule has 0 aromatic heterocycles. The van der Waals surface area contributed by atoms with E-state index in [2.05, 4.69) is 20.8 Å². The van der Waals surface area contributed by atoms with Gasteiger partial charge in [0.2, 0.25) is 0 Å². The minimum atomic E-state index is 0. The molecular weight excluding hydrogens is 207 g/mol. The molecule has 0 atom stereocenters. The van der Waals surface area contributed by atoms with Gasteiger partial charge in [-0.05, 0) is 11.0 Å². The Hall–Kier alpha value is 0.879. The van der Waals surface area contributed by atoms with Gasteiger partial charge in [-0.25, -0.2) is 0 Å². The third kappa shape index (κ3) is 308. The van der Waals surface area contributed by atoms with Gasteiger partial charge < -0.3 is 20.8 Å². The quantitative estimate of drug-likeness (QED) is 0.427. The first-order valence-electron chi connectivity index (χ1n) is 1.50. The van der Waals surface area contributed by atoms with Gasteiger partial charge in [0.05, 0.1) is 0 Å². The maximum absolute atomic E-state index is 2.08. The van der Waals surface area contributed by atoms with Crippen LogP contribution in [0.15, 0.2) is 0 Å². The molecule has 0 saturated carbocycles. The fourth-order valence-corrected chi connectivity index (χ4v) is 0. The summed E-state index contributed by atoms with van der Waals surface area (Å²) >= 11 is 0. The SMILES string of the molecule is C[C-](C)C.[CH3-].[CH3-].[Pd].[SiH4]. The van der Waals surface area contributed by atoms with Gasteiger partial charge >= 0.3 is 0 Å². The van der Waals surface area contributed by atoms with Crippen LogP contribution < -0.4 is 0 Å². The summed E-state index contributed by atoms with van der Waals surface area (Å²) in [5.74, 6) is 1.42. The summed E-state index contributed by atoms with van der Waals surface area (Å²) in [5.41, 5.74) is 0. The summed E-state index contributed by atoms with van der Waals surface area (Å²) in [4.78, 5) is 0. The number of hydrogen-bond acceptors (Lipinski definition) is 0. The van der Waals surface area contributed by atoms with E-state index in [1.54, 1.807) is 0 Å². The molecule has 60 valence electrons. The van der Waals surface area contributed by atoms with E-state index in [-0.39, 0.29) is 46.2 Å². The van der Waals surface area contributed by atoms with Crippen LogP contribution in [0.2, 0.25) is 0 Å². The molecule has 0 aromatic rings. The molecule has 0 radical (unpaired) electrons. The van der Waals surface area contributed by atoms with E-state index in [1.807, 2.05) is 0 Å². The zero-order valence-electron chi connectivity index (χ0n) is 5.82. The van der Waals surface area contributed by atoms with Gasteiger partial charge in [-0.15, -0.1) is 0 Å². The average molecular weight is 226 g/mol. The summed E-state index contributed by atoms with van der Waals surface area (Å²) < 4.78 is 0. The van der Waals surface area contributed by atoms with E-state index in [0.29, 0.717) is 0 Å². The number of hydrogen-bond donors (Lipinski definition) is 0. The minimum absolute atomic E-state index is 0. The first-order chi connectivity index (χ1) is 1.73. The molecule has 0 N–H and O–H groups in total. The van der Waals surface area contributed by atoms with Crippen molar-refractivity contribution in [2.24, 2.45) is 0 Å². The smallest absolute Gasteiger partial charge is 0 e. The summed E-state index contributed by atoms with van der Waals surface area (Å²) in [6.45, 7) is 6.25. The van der Waals surface area contributed by atoms with E-state index in [1.165, 1.54) is 5.92 Å². The normalized spacial score (nSPS) is 4.50. The zero-order chi connectivity index (χ0) is 3.58. The first kappa shape index (κ1) is 36.6. The molecule has 8 heavy (non-hydrogen) atoms. The van der Waals surface area contributed by atoms with Crippen molar-refractivity contribution in [3.05, 3.63) is 20.8 Å². The molecule has 0 spiro atoms. The van der Waals surface area contributed by atoms with Crippen LogP contribution in [0.3, 0.4) is 0 Å². The molecule has 0 amide bonds. The molecule has 0 bridgehead atoms. The minimum Gasteiger partial charge on any atom is -0.358 e. The molecule has 0 saturated heterocycles. The number of rotatable bonds is 0. The second-order valence-electron chi connectivity index (χ2n) is 1.50. The molecule has 0 rings (SSSR count). The summed E-state index contributed by atoms with van der Waals surface area (Å²) in [6.07, 6.45) is 0. The van der Waals surface area contributed by atoms with Crippen LogP contribution in [-0.2, 0) is 20.4 Å². The third-order valence-electron chi connectivity index (χ3n) is 0.